The molecular formula is C20H18N6O3. The van der Waals surface area contributed by atoms with Gasteiger partial charge in [0.25, 0.3) is 5.56 Å². The Hall–Kier alpha value is -4.01. The number of carbonyl (C=O) groups excluding carboxylic acids is 1. The molecule has 0 fully saturated rings. The number of nitrogens with one attached hydrogen (secondary N) is 1. The average Bonchev–Trinajstić information content (AvgIpc) is 3.11. The van der Waals surface area contributed by atoms with Gasteiger partial charge in [0.05, 0.1) is 12.1 Å². The first-order chi connectivity index (χ1) is 14.1. The highest BCUT2D eigenvalue weighted by Crippen LogP contribution is 2.22. The zero-order chi connectivity index (χ0) is 20.4. The molecular weight excluding hydrogens is 372 g/mol. The molecule has 4 aromatic rings. The number of fused-ring (bicyclic) bond motifs is 3. The molecule has 29 heavy (non-hydrogen) atoms. The third-order valence-corrected chi connectivity index (χ3v) is 4.30. The molecule has 0 bridgehead atoms. The molecule has 0 saturated carbocycles. The van der Waals surface area contributed by atoms with Gasteiger partial charge in [0, 0.05) is 11.6 Å². The van der Waals surface area contributed by atoms with E-state index in [4.69, 9.17) is 4.74 Å². The van der Waals surface area contributed by atoms with Crippen molar-refractivity contribution in [3.63, 3.8) is 0 Å². The molecule has 1 N–H and O–H groups in total. The van der Waals surface area contributed by atoms with Crippen molar-refractivity contribution >= 4 is 33.9 Å². The van der Waals surface area contributed by atoms with Gasteiger partial charge in [-0.3, -0.25) is 14.0 Å². The normalized spacial score (nSPS) is 10.9. The van der Waals surface area contributed by atoms with Crippen molar-refractivity contribution < 1.29 is 9.53 Å². The van der Waals surface area contributed by atoms with Crippen LogP contribution in [0.5, 0.6) is 0 Å². The summed E-state index contributed by atoms with van der Waals surface area (Å²) in [4.78, 5) is 33.2. The fourth-order valence-electron chi connectivity index (χ4n) is 3.09. The van der Waals surface area contributed by atoms with Gasteiger partial charge in [-0.1, -0.05) is 24.8 Å². The van der Waals surface area contributed by atoms with Crippen molar-refractivity contribution in [1.29, 1.82) is 0 Å². The molecule has 0 spiro atoms. The molecule has 0 aliphatic carbocycles. The second kappa shape index (κ2) is 7.55. The number of ether oxygens (including phenoxy) is 1. The monoisotopic (exact) mass is 390 g/mol. The van der Waals surface area contributed by atoms with Gasteiger partial charge in [-0.05, 0) is 25.1 Å². The first-order valence-electron chi connectivity index (χ1n) is 8.97. The second-order valence-electron chi connectivity index (χ2n) is 6.21. The van der Waals surface area contributed by atoms with Gasteiger partial charge in [0.15, 0.2) is 11.6 Å². The Balaban J connectivity index is 1.81. The summed E-state index contributed by atoms with van der Waals surface area (Å²) in [5.41, 5.74) is 0.791. The summed E-state index contributed by atoms with van der Waals surface area (Å²) in [6, 6.07) is 10.9. The summed E-state index contributed by atoms with van der Waals surface area (Å²) < 4.78 is 8.34. The number of hydrogen-bond acceptors (Lipinski definition) is 6. The van der Waals surface area contributed by atoms with Crippen LogP contribution in [0.25, 0.3) is 22.2 Å². The lowest BCUT2D eigenvalue weighted by atomic mass is 10.2. The number of anilines is 1. The van der Waals surface area contributed by atoms with Crippen LogP contribution >= 0.6 is 0 Å². The van der Waals surface area contributed by atoms with Gasteiger partial charge in [0.1, 0.15) is 24.2 Å². The number of benzene rings is 1. The summed E-state index contributed by atoms with van der Waals surface area (Å²) in [6.45, 7) is 5.88. The van der Waals surface area contributed by atoms with E-state index in [1.54, 1.807) is 16.5 Å². The standard InChI is InChI=1S/C20H18N6O3/c1-3-29-13(2)19-24-25(11-18(27)23-17-8-9-21-12-22-17)20(28)16-10-14-6-4-5-7-15(14)26(16)19/h4-10,12H,2-3,11H2,1H3,(H,21,22,23,27). The van der Waals surface area contributed by atoms with Crippen molar-refractivity contribution in [3.05, 3.63) is 71.7 Å². The average molecular weight is 390 g/mol. The third kappa shape index (κ3) is 3.45. The van der Waals surface area contributed by atoms with Crippen molar-refractivity contribution in [1.82, 2.24) is 24.1 Å². The minimum Gasteiger partial charge on any atom is -0.491 e. The SMILES string of the molecule is C=C(OCC)c1nn(CC(=O)Nc2ccncn2)c(=O)c2cc3ccccc3n12. The van der Waals surface area contributed by atoms with Crippen molar-refractivity contribution in [2.45, 2.75) is 13.5 Å². The van der Waals surface area contributed by atoms with Gasteiger partial charge in [-0.25, -0.2) is 14.6 Å². The lowest BCUT2D eigenvalue weighted by molar-refractivity contribution is -0.117. The summed E-state index contributed by atoms with van der Waals surface area (Å²) >= 11 is 0. The lowest BCUT2D eigenvalue weighted by Gasteiger charge is -2.13. The maximum absolute atomic E-state index is 13.0. The predicted molar refractivity (Wildman–Crippen MR) is 108 cm³/mol. The van der Waals surface area contributed by atoms with Crippen LogP contribution in [0.15, 0.2) is 60.3 Å². The fourth-order valence-corrected chi connectivity index (χ4v) is 3.09. The molecule has 146 valence electrons. The summed E-state index contributed by atoms with van der Waals surface area (Å²) in [5.74, 6) is 0.569. The summed E-state index contributed by atoms with van der Waals surface area (Å²) in [5, 5.41) is 7.86. The van der Waals surface area contributed by atoms with Crippen LogP contribution in [0.4, 0.5) is 5.82 Å². The molecule has 1 aromatic carbocycles. The molecule has 0 saturated heterocycles. The van der Waals surface area contributed by atoms with E-state index in [-0.39, 0.29) is 6.54 Å². The van der Waals surface area contributed by atoms with Crippen LogP contribution in [-0.2, 0) is 16.1 Å². The Labute approximate surface area is 165 Å². The number of aromatic nitrogens is 5. The number of hydrogen-bond donors (Lipinski definition) is 1. The fraction of sp³-hybridized carbons (Fsp3) is 0.150. The highest BCUT2D eigenvalue weighted by molar-refractivity contribution is 5.90. The highest BCUT2D eigenvalue weighted by Gasteiger charge is 2.18. The topological polar surface area (TPSA) is 103 Å². The first kappa shape index (κ1) is 18.4. The molecule has 1 amide bonds. The van der Waals surface area contributed by atoms with Crippen LogP contribution < -0.4 is 10.9 Å². The number of carbonyl (C=O) groups is 1. The van der Waals surface area contributed by atoms with Gasteiger partial charge >= 0.3 is 0 Å². The highest BCUT2D eigenvalue weighted by atomic mass is 16.5. The van der Waals surface area contributed by atoms with Gasteiger partial charge in [-0.2, -0.15) is 0 Å². The molecule has 0 radical (unpaired) electrons. The molecule has 3 aromatic heterocycles. The van der Waals surface area contributed by atoms with Gasteiger partial charge in [0.2, 0.25) is 5.91 Å². The minimum atomic E-state index is -0.438. The second-order valence-corrected chi connectivity index (χ2v) is 6.21. The van der Waals surface area contributed by atoms with Crippen LogP contribution in [-0.4, -0.2) is 36.7 Å². The number of amides is 1. The van der Waals surface area contributed by atoms with Gasteiger partial charge in [-0.15, -0.1) is 5.10 Å². The largest absolute Gasteiger partial charge is 0.491 e. The Kier molecular flexibility index (Phi) is 4.78. The first-order valence-corrected chi connectivity index (χ1v) is 8.97. The molecule has 0 unspecified atom stereocenters. The molecule has 0 aliphatic rings. The molecule has 3 heterocycles. The zero-order valence-electron chi connectivity index (χ0n) is 15.7. The van der Waals surface area contributed by atoms with E-state index >= 15 is 0 Å². The Bertz CT molecular complexity index is 1280. The van der Waals surface area contributed by atoms with Crippen LogP contribution in [0.2, 0.25) is 0 Å². The molecule has 9 nitrogen and oxygen atoms in total. The van der Waals surface area contributed by atoms with Crippen LogP contribution in [0.1, 0.15) is 12.7 Å². The number of para-hydroxylation sites is 1. The summed E-state index contributed by atoms with van der Waals surface area (Å²) in [6.07, 6.45) is 2.83. The smallest absolute Gasteiger partial charge is 0.291 e. The van der Waals surface area contributed by atoms with E-state index in [9.17, 15) is 9.59 Å². The lowest BCUT2D eigenvalue weighted by Crippen LogP contribution is -2.32. The maximum Gasteiger partial charge on any atom is 0.291 e. The van der Waals surface area contributed by atoms with Crippen LogP contribution in [0, 0.1) is 0 Å². The Morgan fingerprint density at radius 3 is 2.83 bits per heavy atom. The summed E-state index contributed by atoms with van der Waals surface area (Å²) in [7, 11) is 0. The predicted octanol–water partition coefficient (Wildman–Crippen LogP) is 2.09. The number of rotatable bonds is 6. The maximum atomic E-state index is 13.0. The van der Waals surface area contributed by atoms with Crippen LogP contribution in [0.3, 0.4) is 0 Å². The molecule has 4 rings (SSSR count). The van der Waals surface area contributed by atoms with E-state index in [0.717, 1.165) is 15.6 Å². The van der Waals surface area contributed by atoms with Crippen molar-refractivity contribution in [3.8, 4) is 0 Å². The van der Waals surface area contributed by atoms with Crippen molar-refractivity contribution in [2.24, 2.45) is 0 Å². The zero-order valence-corrected chi connectivity index (χ0v) is 15.7. The minimum absolute atomic E-state index is 0.284. The molecule has 0 atom stereocenters. The molecule has 0 aliphatic heterocycles. The third-order valence-electron chi connectivity index (χ3n) is 4.30. The van der Waals surface area contributed by atoms with E-state index in [2.05, 4.69) is 27.0 Å². The Morgan fingerprint density at radius 1 is 1.24 bits per heavy atom. The Morgan fingerprint density at radius 2 is 2.07 bits per heavy atom. The van der Waals surface area contributed by atoms with Crippen molar-refractivity contribution in [2.75, 3.05) is 11.9 Å². The van der Waals surface area contributed by atoms with E-state index < -0.39 is 11.5 Å². The van der Waals surface area contributed by atoms with E-state index in [1.807, 2.05) is 31.2 Å². The van der Waals surface area contributed by atoms with Gasteiger partial charge < -0.3 is 10.1 Å². The van der Waals surface area contributed by atoms with E-state index in [0.29, 0.717) is 29.5 Å². The quantitative estimate of drug-likeness (QED) is 0.506. The molecule has 9 heteroatoms. The van der Waals surface area contributed by atoms with E-state index in [1.165, 1.54) is 12.5 Å². The number of nitrogens with zero attached hydrogens (tertiary/aromatic N) is 5.